The highest BCUT2D eigenvalue weighted by molar-refractivity contribution is 9.11. The van der Waals surface area contributed by atoms with Gasteiger partial charge in [0.15, 0.2) is 0 Å². The molecular formula is C17H23BrN2O2S. The number of hydrogen-bond donors (Lipinski definition) is 0. The van der Waals surface area contributed by atoms with Crippen LogP contribution in [0.5, 0.6) is 0 Å². The highest BCUT2D eigenvalue weighted by atomic mass is 79.9. The third-order valence-electron chi connectivity index (χ3n) is 2.98. The Bertz CT molecular complexity index is 640. The maximum atomic E-state index is 13.0. The third kappa shape index (κ3) is 6.43. The normalized spacial score (nSPS) is 11.7. The van der Waals surface area contributed by atoms with E-state index in [0.717, 1.165) is 11.1 Å². The Balaban J connectivity index is 3.10. The molecular weight excluding hydrogens is 376 g/mol. The minimum absolute atomic E-state index is 0.192. The van der Waals surface area contributed by atoms with Gasteiger partial charge in [-0.1, -0.05) is 71.1 Å². The molecule has 0 amide bonds. The van der Waals surface area contributed by atoms with E-state index < -0.39 is 10.2 Å². The average Bonchev–Trinajstić information content (AvgIpc) is 2.46. The molecule has 0 aliphatic heterocycles. The number of halogens is 1. The minimum Gasteiger partial charge on any atom is -0.195 e. The Morgan fingerprint density at radius 3 is 2.26 bits per heavy atom. The second kappa shape index (κ2) is 9.17. The topological polar surface area (TPSA) is 40.6 Å². The molecule has 0 aliphatic carbocycles. The van der Waals surface area contributed by atoms with Crippen LogP contribution < -0.4 is 0 Å². The predicted octanol–water partition coefficient (Wildman–Crippen LogP) is 3.71. The van der Waals surface area contributed by atoms with Gasteiger partial charge in [0.25, 0.3) is 10.2 Å². The molecule has 0 heterocycles. The first kappa shape index (κ1) is 19.8. The van der Waals surface area contributed by atoms with Gasteiger partial charge in [0.2, 0.25) is 0 Å². The van der Waals surface area contributed by atoms with Crippen LogP contribution in [0.4, 0.5) is 0 Å². The predicted molar refractivity (Wildman–Crippen MR) is 100 cm³/mol. The summed E-state index contributed by atoms with van der Waals surface area (Å²) < 4.78 is 29.3. The smallest absolute Gasteiger partial charge is 0.195 e. The fraction of sp³-hybridized carbons (Fsp3) is 0.294. The lowest BCUT2D eigenvalue weighted by atomic mass is 10.2. The highest BCUT2D eigenvalue weighted by Crippen LogP contribution is 2.17. The van der Waals surface area contributed by atoms with Crippen molar-refractivity contribution in [2.75, 3.05) is 19.6 Å². The van der Waals surface area contributed by atoms with Crippen LogP contribution >= 0.6 is 15.9 Å². The standard InChI is InChI=1S/C17H23BrN2O2S/c1-5-11-19(14-17-9-7-6-8-10-17)23(21,22)20(12-15(2)3)13-16(4)18/h5-10H,1-2,4,11-14H2,3H3. The van der Waals surface area contributed by atoms with E-state index in [9.17, 15) is 8.42 Å². The molecule has 0 aromatic heterocycles. The molecule has 0 aliphatic rings. The lowest BCUT2D eigenvalue weighted by molar-refractivity contribution is 0.370. The van der Waals surface area contributed by atoms with Crippen molar-refractivity contribution < 1.29 is 8.42 Å². The lowest BCUT2D eigenvalue weighted by Crippen LogP contribution is -2.44. The molecule has 0 bridgehead atoms. The molecule has 0 radical (unpaired) electrons. The van der Waals surface area contributed by atoms with Crippen LogP contribution in [0.25, 0.3) is 0 Å². The molecule has 0 N–H and O–H groups in total. The summed E-state index contributed by atoms with van der Waals surface area (Å²) in [4.78, 5) is 0. The molecule has 1 rings (SSSR count). The molecule has 23 heavy (non-hydrogen) atoms. The molecule has 0 saturated heterocycles. The van der Waals surface area contributed by atoms with Crippen LogP contribution in [0, 0.1) is 0 Å². The van der Waals surface area contributed by atoms with Crippen LogP contribution in [-0.2, 0) is 16.8 Å². The maximum absolute atomic E-state index is 13.0. The summed E-state index contributed by atoms with van der Waals surface area (Å²) in [6.07, 6.45) is 1.59. The number of benzene rings is 1. The second-order valence-electron chi connectivity index (χ2n) is 5.32. The van der Waals surface area contributed by atoms with Crippen molar-refractivity contribution in [3.63, 3.8) is 0 Å². The molecule has 1 aromatic rings. The monoisotopic (exact) mass is 398 g/mol. The van der Waals surface area contributed by atoms with Crippen molar-refractivity contribution in [3.05, 3.63) is 71.8 Å². The molecule has 0 saturated carbocycles. The van der Waals surface area contributed by atoms with Crippen molar-refractivity contribution in [1.82, 2.24) is 8.61 Å². The molecule has 4 nitrogen and oxygen atoms in total. The van der Waals surface area contributed by atoms with Crippen molar-refractivity contribution in [2.45, 2.75) is 13.5 Å². The summed E-state index contributed by atoms with van der Waals surface area (Å²) in [6, 6.07) is 9.48. The van der Waals surface area contributed by atoms with E-state index >= 15 is 0 Å². The summed E-state index contributed by atoms with van der Waals surface area (Å²) in [5, 5.41) is 0. The molecule has 0 fully saturated rings. The first-order valence-electron chi connectivity index (χ1n) is 7.15. The van der Waals surface area contributed by atoms with Crippen molar-refractivity contribution in [3.8, 4) is 0 Å². The average molecular weight is 399 g/mol. The molecule has 1 aromatic carbocycles. The zero-order chi connectivity index (χ0) is 17.5. The molecule has 126 valence electrons. The van der Waals surface area contributed by atoms with Gasteiger partial charge in [-0.2, -0.15) is 17.0 Å². The van der Waals surface area contributed by atoms with Crippen LogP contribution in [0.15, 0.2) is 66.2 Å². The third-order valence-corrected chi connectivity index (χ3v) is 5.07. The van der Waals surface area contributed by atoms with E-state index in [4.69, 9.17) is 0 Å². The lowest BCUT2D eigenvalue weighted by Gasteiger charge is -2.29. The number of rotatable bonds is 10. The first-order valence-corrected chi connectivity index (χ1v) is 9.34. The van der Waals surface area contributed by atoms with Crippen LogP contribution in [0.3, 0.4) is 0 Å². The van der Waals surface area contributed by atoms with Crippen LogP contribution in [-0.4, -0.2) is 36.7 Å². The summed E-state index contributed by atoms with van der Waals surface area (Å²) >= 11 is 3.24. The van der Waals surface area contributed by atoms with E-state index in [-0.39, 0.29) is 26.2 Å². The van der Waals surface area contributed by atoms with Gasteiger partial charge < -0.3 is 0 Å². The number of hydrogen-bond acceptors (Lipinski definition) is 2. The molecule has 0 spiro atoms. The van der Waals surface area contributed by atoms with Gasteiger partial charge in [-0.3, -0.25) is 0 Å². The van der Waals surface area contributed by atoms with E-state index in [0.29, 0.717) is 4.48 Å². The quantitative estimate of drug-likeness (QED) is 0.563. The van der Waals surface area contributed by atoms with E-state index in [1.807, 2.05) is 30.3 Å². The van der Waals surface area contributed by atoms with Gasteiger partial charge in [-0.25, -0.2) is 0 Å². The Morgan fingerprint density at radius 2 is 1.78 bits per heavy atom. The Hall–Kier alpha value is -1.21. The van der Waals surface area contributed by atoms with Crippen molar-refractivity contribution in [2.24, 2.45) is 0 Å². The van der Waals surface area contributed by atoms with Crippen molar-refractivity contribution in [1.29, 1.82) is 0 Å². The Morgan fingerprint density at radius 1 is 1.17 bits per heavy atom. The van der Waals surface area contributed by atoms with Crippen LogP contribution in [0.1, 0.15) is 12.5 Å². The fourth-order valence-corrected chi connectivity index (χ4v) is 4.15. The van der Waals surface area contributed by atoms with Gasteiger partial charge in [-0.15, -0.1) is 6.58 Å². The van der Waals surface area contributed by atoms with Gasteiger partial charge in [-0.05, 0) is 12.5 Å². The van der Waals surface area contributed by atoms with Gasteiger partial charge in [0, 0.05) is 30.7 Å². The van der Waals surface area contributed by atoms with Crippen molar-refractivity contribution >= 4 is 26.1 Å². The van der Waals surface area contributed by atoms with E-state index in [1.54, 1.807) is 13.0 Å². The van der Waals surface area contributed by atoms with Gasteiger partial charge in [0.1, 0.15) is 0 Å². The zero-order valence-corrected chi connectivity index (χ0v) is 15.8. The van der Waals surface area contributed by atoms with Gasteiger partial charge >= 0.3 is 0 Å². The first-order chi connectivity index (χ1) is 10.8. The summed E-state index contributed by atoms with van der Waals surface area (Å²) in [6.45, 7) is 14.0. The minimum atomic E-state index is -3.67. The molecule has 0 unspecified atom stereocenters. The van der Waals surface area contributed by atoms with Gasteiger partial charge in [0.05, 0.1) is 0 Å². The van der Waals surface area contributed by atoms with E-state index in [1.165, 1.54) is 8.61 Å². The van der Waals surface area contributed by atoms with Crippen LogP contribution in [0.2, 0.25) is 0 Å². The second-order valence-corrected chi connectivity index (χ2v) is 8.37. The molecule has 6 heteroatoms. The summed E-state index contributed by atoms with van der Waals surface area (Å²) in [7, 11) is -3.67. The summed E-state index contributed by atoms with van der Waals surface area (Å²) in [5.74, 6) is 0. The number of nitrogens with zero attached hydrogens (tertiary/aromatic N) is 2. The SMILES string of the molecule is C=CCN(Cc1ccccc1)S(=O)(=O)N(CC(=C)C)CC(=C)Br. The Labute approximate surface area is 148 Å². The fourth-order valence-electron chi connectivity index (χ4n) is 2.05. The summed E-state index contributed by atoms with van der Waals surface area (Å²) in [5.41, 5.74) is 1.69. The maximum Gasteiger partial charge on any atom is 0.283 e. The molecule has 0 atom stereocenters. The Kier molecular flexibility index (Phi) is 7.91. The zero-order valence-electron chi connectivity index (χ0n) is 13.4. The largest absolute Gasteiger partial charge is 0.283 e. The van der Waals surface area contributed by atoms with E-state index in [2.05, 4.69) is 35.7 Å². The highest BCUT2D eigenvalue weighted by Gasteiger charge is 2.29.